The van der Waals surface area contributed by atoms with Gasteiger partial charge in [0.1, 0.15) is 5.82 Å². The Kier molecular flexibility index (Phi) is 5.29. The molecule has 6 nitrogen and oxygen atoms in total. The van der Waals surface area contributed by atoms with Gasteiger partial charge in [-0.3, -0.25) is 4.79 Å². The van der Waals surface area contributed by atoms with Gasteiger partial charge in [-0.05, 0) is 30.2 Å². The molecule has 1 atom stereocenters. The first-order valence-corrected chi connectivity index (χ1v) is 9.62. The number of aromatic nitrogens is 3. The summed E-state index contributed by atoms with van der Waals surface area (Å²) in [5.41, 5.74) is 1.80. The highest BCUT2D eigenvalue weighted by atomic mass is 19.1. The molecule has 0 fully saturated rings. The van der Waals surface area contributed by atoms with Gasteiger partial charge in [-0.1, -0.05) is 36.4 Å². The van der Waals surface area contributed by atoms with E-state index in [-0.39, 0.29) is 24.1 Å². The minimum Gasteiger partial charge on any atom is -0.494 e. The minimum atomic E-state index is -0.463. The van der Waals surface area contributed by atoms with Crippen molar-refractivity contribution >= 4 is 5.91 Å². The van der Waals surface area contributed by atoms with Crippen molar-refractivity contribution in [2.24, 2.45) is 0 Å². The predicted octanol–water partition coefficient (Wildman–Crippen LogP) is 3.16. The number of hydrogen-bond acceptors (Lipinski definition) is 4. The zero-order chi connectivity index (χ0) is 20.4. The summed E-state index contributed by atoms with van der Waals surface area (Å²) in [6, 6.07) is 14.8. The van der Waals surface area contributed by atoms with Gasteiger partial charge in [-0.2, -0.15) is 0 Å². The van der Waals surface area contributed by atoms with E-state index < -0.39 is 5.82 Å². The highest BCUT2D eigenvalue weighted by molar-refractivity contribution is 5.79. The molecule has 150 valence electrons. The normalized spacial score (nSPS) is 15.8. The molecule has 0 bridgehead atoms. The number of halogens is 1. The van der Waals surface area contributed by atoms with Gasteiger partial charge in [0.25, 0.3) is 0 Å². The number of nitrogens with zero attached hydrogens (tertiary/aromatic N) is 4. The summed E-state index contributed by atoms with van der Waals surface area (Å²) in [4.78, 5) is 14.6. The average molecular weight is 394 g/mol. The lowest BCUT2D eigenvalue weighted by Gasteiger charge is -2.32. The second-order valence-corrected chi connectivity index (χ2v) is 7.33. The van der Waals surface area contributed by atoms with E-state index in [4.69, 9.17) is 4.74 Å². The molecule has 0 radical (unpaired) electrons. The minimum absolute atomic E-state index is 0.0553. The first-order chi connectivity index (χ1) is 14.0. The van der Waals surface area contributed by atoms with E-state index in [9.17, 15) is 9.18 Å². The SMILES string of the molecule is COc1ccc(CC(=O)N2Cc3nnc(Cc4ccccc4)n3[C@@H](C)C2)cc1F. The third kappa shape index (κ3) is 3.99. The van der Waals surface area contributed by atoms with Crippen LogP contribution in [-0.4, -0.2) is 39.2 Å². The van der Waals surface area contributed by atoms with Crippen LogP contribution < -0.4 is 4.74 Å². The lowest BCUT2D eigenvalue weighted by molar-refractivity contribution is -0.132. The van der Waals surface area contributed by atoms with Crippen LogP contribution in [0.25, 0.3) is 0 Å². The number of methoxy groups -OCH3 is 1. The van der Waals surface area contributed by atoms with Crippen molar-refractivity contribution in [3.63, 3.8) is 0 Å². The molecule has 0 aliphatic carbocycles. The number of rotatable bonds is 5. The summed E-state index contributed by atoms with van der Waals surface area (Å²) >= 11 is 0. The molecule has 0 saturated carbocycles. The second kappa shape index (κ2) is 8.03. The lowest BCUT2D eigenvalue weighted by Crippen LogP contribution is -2.41. The van der Waals surface area contributed by atoms with Crippen molar-refractivity contribution in [2.75, 3.05) is 13.7 Å². The Hall–Kier alpha value is -3.22. The Morgan fingerprint density at radius 2 is 1.97 bits per heavy atom. The molecule has 4 rings (SSSR count). The molecular formula is C22H23FN4O2. The van der Waals surface area contributed by atoms with Crippen molar-refractivity contribution in [3.8, 4) is 5.75 Å². The first-order valence-electron chi connectivity index (χ1n) is 9.62. The molecule has 2 aromatic carbocycles. The Bertz CT molecular complexity index is 1020. The number of carbonyl (C=O) groups is 1. The monoisotopic (exact) mass is 394 g/mol. The number of ether oxygens (including phenoxy) is 1. The van der Waals surface area contributed by atoms with E-state index >= 15 is 0 Å². The molecule has 1 aliphatic rings. The fourth-order valence-corrected chi connectivity index (χ4v) is 3.81. The topological polar surface area (TPSA) is 60.2 Å². The highest BCUT2D eigenvalue weighted by Gasteiger charge is 2.29. The van der Waals surface area contributed by atoms with Gasteiger partial charge in [-0.25, -0.2) is 4.39 Å². The maximum Gasteiger partial charge on any atom is 0.227 e. The third-order valence-electron chi connectivity index (χ3n) is 5.22. The van der Waals surface area contributed by atoms with Gasteiger partial charge in [0, 0.05) is 13.0 Å². The molecule has 0 spiro atoms. The van der Waals surface area contributed by atoms with Crippen LogP contribution in [0.5, 0.6) is 5.75 Å². The molecule has 1 aromatic heterocycles. The molecule has 1 amide bonds. The molecule has 0 saturated heterocycles. The van der Waals surface area contributed by atoms with E-state index in [1.165, 1.54) is 18.7 Å². The number of benzene rings is 2. The number of fused-ring (bicyclic) bond motifs is 1. The molecule has 3 aromatic rings. The zero-order valence-corrected chi connectivity index (χ0v) is 16.5. The molecule has 0 unspecified atom stereocenters. The molecule has 0 N–H and O–H groups in total. The first kappa shape index (κ1) is 19.1. The fraction of sp³-hybridized carbons (Fsp3) is 0.318. The van der Waals surface area contributed by atoms with E-state index in [1.54, 1.807) is 17.0 Å². The summed E-state index contributed by atoms with van der Waals surface area (Å²) in [6.45, 7) is 3.04. The van der Waals surface area contributed by atoms with Crippen LogP contribution in [0.2, 0.25) is 0 Å². The Labute approximate surface area is 168 Å². The highest BCUT2D eigenvalue weighted by Crippen LogP contribution is 2.24. The predicted molar refractivity (Wildman–Crippen MR) is 106 cm³/mol. The lowest BCUT2D eigenvalue weighted by atomic mass is 10.1. The van der Waals surface area contributed by atoms with Crippen LogP contribution in [0.1, 0.15) is 35.7 Å². The largest absolute Gasteiger partial charge is 0.494 e. The zero-order valence-electron chi connectivity index (χ0n) is 16.5. The van der Waals surface area contributed by atoms with E-state index in [1.807, 2.05) is 18.2 Å². The van der Waals surface area contributed by atoms with Crippen LogP contribution >= 0.6 is 0 Å². The van der Waals surface area contributed by atoms with Crippen LogP contribution in [-0.2, 0) is 24.2 Å². The van der Waals surface area contributed by atoms with Gasteiger partial charge in [0.15, 0.2) is 17.4 Å². The summed E-state index contributed by atoms with van der Waals surface area (Å²) in [5, 5.41) is 8.69. The fourth-order valence-electron chi connectivity index (χ4n) is 3.81. The van der Waals surface area contributed by atoms with Crippen LogP contribution in [0, 0.1) is 5.82 Å². The Morgan fingerprint density at radius 3 is 2.69 bits per heavy atom. The standard InChI is InChI=1S/C22H23FN4O2/c1-15-13-26(22(28)12-17-8-9-19(29-2)18(23)10-17)14-21-25-24-20(27(15)21)11-16-6-4-3-5-7-16/h3-10,15H,11-14H2,1-2H3/t15-/m0/s1. The second-order valence-electron chi connectivity index (χ2n) is 7.33. The van der Waals surface area contributed by atoms with Gasteiger partial charge in [0.05, 0.1) is 26.1 Å². The van der Waals surface area contributed by atoms with Crippen LogP contribution in [0.3, 0.4) is 0 Å². The van der Waals surface area contributed by atoms with Crippen molar-refractivity contribution in [1.29, 1.82) is 0 Å². The average Bonchev–Trinajstić information content (AvgIpc) is 3.12. The number of carbonyl (C=O) groups excluding carboxylic acids is 1. The van der Waals surface area contributed by atoms with Crippen molar-refractivity contribution < 1.29 is 13.9 Å². The van der Waals surface area contributed by atoms with Crippen molar-refractivity contribution in [1.82, 2.24) is 19.7 Å². The van der Waals surface area contributed by atoms with Gasteiger partial charge < -0.3 is 14.2 Å². The summed E-state index contributed by atoms with van der Waals surface area (Å²) < 4.78 is 21.0. The number of hydrogen-bond donors (Lipinski definition) is 0. The van der Waals surface area contributed by atoms with E-state index in [2.05, 4.69) is 33.8 Å². The maximum atomic E-state index is 13.9. The molecule has 2 heterocycles. The van der Waals surface area contributed by atoms with Crippen molar-refractivity contribution in [2.45, 2.75) is 32.4 Å². The third-order valence-corrected chi connectivity index (χ3v) is 5.22. The quantitative estimate of drug-likeness (QED) is 0.667. The molecule has 29 heavy (non-hydrogen) atoms. The van der Waals surface area contributed by atoms with Gasteiger partial charge in [0.2, 0.25) is 5.91 Å². The van der Waals surface area contributed by atoms with E-state index in [0.717, 1.165) is 11.6 Å². The van der Waals surface area contributed by atoms with Crippen LogP contribution in [0.4, 0.5) is 4.39 Å². The smallest absolute Gasteiger partial charge is 0.227 e. The van der Waals surface area contributed by atoms with Crippen LogP contribution in [0.15, 0.2) is 48.5 Å². The molecular weight excluding hydrogens is 371 g/mol. The Morgan fingerprint density at radius 1 is 1.17 bits per heavy atom. The summed E-state index contributed by atoms with van der Waals surface area (Å²) in [5.74, 6) is 1.34. The molecule has 1 aliphatic heterocycles. The Balaban J connectivity index is 1.47. The van der Waals surface area contributed by atoms with Gasteiger partial charge in [-0.15, -0.1) is 10.2 Å². The van der Waals surface area contributed by atoms with Crippen molar-refractivity contribution in [3.05, 3.63) is 77.1 Å². The summed E-state index contributed by atoms with van der Waals surface area (Å²) in [6.07, 6.45) is 0.843. The molecule has 7 heteroatoms. The van der Waals surface area contributed by atoms with Gasteiger partial charge >= 0.3 is 0 Å². The number of amides is 1. The summed E-state index contributed by atoms with van der Waals surface area (Å²) in [7, 11) is 1.42. The van der Waals surface area contributed by atoms with E-state index in [0.29, 0.717) is 25.1 Å². The maximum absolute atomic E-state index is 13.9.